The summed E-state index contributed by atoms with van der Waals surface area (Å²) in [6.45, 7) is 6.82. The Labute approximate surface area is 91.4 Å². The first-order chi connectivity index (χ1) is 7.27. The highest BCUT2D eigenvalue weighted by molar-refractivity contribution is 5.93. The van der Waals surface area contributed by atoms with Crippen molar-refractivity contribution in [2.75, 3.05) is 39.8 Å². The average molecular weight is 211 g/mol. The number of nitrogens with one attached hydrogen (secondary N) is 2. The second-order valence-electron chi connectivity index (χ2n) is 3.45. The number of piperazine rings is 1. The Kier molecular flexibility index (Phi) is 4.97. The Morgan fingerprint density at radius 2 is 2.20 bits per heavy atom. The normalized spacial score (nSPS) is 19.2. The summed E-state index contributed by atoms with van der Waals surface area (Å²) in [5, 5.41) is 6.45. The Hall–Kier alpha value is -1.23. The Bertz CT molecular complexity index is 240. The lowest BCUT2D eigenvalue weighted by Crippen LogP contribution is -2.45. The van der Waals surface area contributed by atoms with Gasteiger partial charge in [0.2, 0.25) is 0 Å². The van der Waals surface area contributed by atoms with Gasteiger partial charge in [0.05, 0.1) is 0 Å². The van der Waals surface area contributed by atoms with Crippen LogP contribution < -0.4 is 16.4 Å². The quantitative estimate of drug-likeness (QED) is 0.428. The van der Waals surface area contributed by atoms with E-state index in [1.807, 2.05) is 13.0 Å². The van der Waals surface area contributed by atoms with E-state index in [2.05, 4.69) is 20.5 Å². The van der Waals surface area contributed by atoms with E-state index >= 15 is 0 Å². The van der Waals surface area contributed by atoms with Gasteiger partial charge in [0, 0.05) is 45.8 Å². The third-order valence-corrected chi connectivity index (χ3v) is 2.37. The first-order valence-corrected chi connectivity index (χ1v) is 5.41. The van der Waals surface area contributed by atoms with Gasteiger partial charge in [-0.1, -0.05) is 0 Å². The summed E-state index contributed by atoms with van der Waals surface area (Å²) in [6, 6.07) is 0. The van der Waals surface area contributed by atoms with Gasteiger partial charge >= 0.3 is 0 Å². The van der Waals surface area contributed by atoms with Crippen molar-refractivity contribution >= 4 is 5.84 Å². The fourth-order valence-corrected chi connectivity index (χ4v) is 1.53. The molecular weight excluding hydrogens is 190 g/mol. The summed E-state index contributed by atoms with van der Waals surface area (Å²) < 4.78 is 0. The number of nitrogens with zero attached hydrogens (tertiary/aromatic N) is 2. The molecule has 0 aromatic heterocycles. The second kappa shape index (κ2) is 6.29. The lowest BCUT2D eigenvalue weighted by atomic mass is 10.3. The standard InChI is InChI=1S/C10H21N5/c1-3-14-10(12-2)8-9(11)15-6-4-13-5-7-15/h8,13H,3-7,11H2,1-2H3,(H,12,14)/b9-8+. The third-order valence-electron chi connectivity index (χ3n) is 2.37. The summed E-state index contributed by atoms with van der Waals surface area (Å²) >= 11 is 0. The maximum atomic E-state index is 5.99. The largest absolute Gasteiger partial charge is 0.385 e. The van der Waals surface area contributed by atoms with E-state index in [-0.39, 0.29) is 0 Å². The van der Waals surface area contributed by atoms with Crippen LogP contribution in [0.1, 0.15) is 6.92 Å². The van der Waals surface area contributed by atoms with Gasteiger partial charge in [0.1, 0.15) is 11.7 Å². The van der Waals surface area contributed by atoms with Crippen LogP contribution in [0.15, 0.2) is 16.9 Å². The molecule has 1 heterocycles. The molecule has 0 radical (unpaired) electrons. The molecule has 4 N–H and O–H groups in total. The highest BCUT2D eigenvalue weighted by Gasteiger charge is 2.10. The number of aliphatic imine (C=N–C) groups is 1. The zero-order valence-electron chi connectivity index (χ0n) is 9.58. The molecule has 1 saturated heterocycles. The van der Waals surface area contributed by atoms with Crippen molar-refractivity contribution in [3.05, 3.63) is 11.9 Å². The number of amidine groups is 1. The first kappa shape index (κ1) is 11.8. The van der Waals surface area contributed by atoms with Crippen LogP contribution in [0, 0.1) is 0 Å². The predicted octanol–water partition coefficient (Wildman–Crippen LogP) is -0.670. The molecule has 5 nitrogen and oxygen atoms in total. The molecule has 0 bridgehead atoms. The maximum absolute atomic E-state index is 5.99. The summed E-state index contributed by atoms with van der Waals surface area (Å²) in [4.78, 5) is 6.29. The molecule has 0 aromatic carbocycles. The maximum Gasteiger partial charge on any atom is 0.124 e. The Balaban J connectivity index is 2.55. The average Bonchev–Trinajstić information content (AvgIpc) is 2.29. The van der Waals surface area contributed by atoms with Gasteiger partial charge in [0.25, 0.3) is 0 Å². The lowest BCUT2D eigenvalue weighted by molar-refractivity contribution is 0.296. The minimum Gasteiger partial charge on any atom is -0.385 e. The van der Waals surface area contributed by atoms with Crippen molar-refractivity contribution < 1.29 is 0 Å². The molecule has 0 saturated carbocycles. The van der Waals surface area contributed by atoms with Crippen molar-refractivity contribution in [2.45, 2.75) is 6.92 Å². The molecule has 0 spiro atoms. The second-order valence-corrected chi connectivity index (χ2v) is 3.45. The minimum atomic E-state index is 0.790. The first-order valence-electron chi connectivity index (χ1n) is 5.41. The van der Waals surface area contributed by atoms with Crippen LogP contribution in [-0.2, 0) is 0 Å². The SMILES string of the molecule is CCNC(/C=C(\N)N1CCNCC1)=N/C. The van der Waals surface area contributed by atoms with Gasteiger partial charge in [0.15, 0.2) is 0 Å². The molecule has 0 unspecified atom stereocenters. The molecule has 15 heavy (non-hydrogen) atoms. The smallest absolute Gasteiger partial charge is 0.124 e. The van der Waals surface area contributed by atoms with E-state index in [0.29, 0.717) is 0 Å². The number of rotatable bonds is 3. The molecule has 0 amide bonds. The van der Waals surface area contributed by atoms with E-state index < -0.39 is 0 Å². The lowest BCUT2D eigenvalue weighted by Gasteiger charge is -2.29. The monoisotopic (exact) mass is 211 g/mol. The Morgan fingerprint density at radius 3 is 2.73 bits per heavy atom. The molecule has 5 heteroatoms. The van der Waals surface area contributed by atoms with E-state index in [1.165, 1.54) is 0 Å². The van der Waals surface area contributed by atoms with Crippen molar-refractivity contribution in [1.29, 1.82) is 0 Å². The summed E-state index contributed by atoms with van der Waals surface area (Å²) in [6.07, 6.45) is 1.90. The van der Waals surface area contributed by atoms with E-state index in [0.717, 1.165) is 44.4 Å². The van der Waals surface area contributed by atoms with Crippen LogP contribution in [0.2, 0.25) is 0 Å². The van der Waals surface area contributed by atoms with Gasteiger partial charge in [-0.15, -0.1) is 0 Å². The number of nitrogens with two attached hydrogens (primary N) is 1. The van der Waals surface area contributed by atoms with Gasteiger partial charge < -0.3 is 21.3 Å². The topological polar surface area (TPSA) is 65.7 Å². The fourth-order valence-electron chi connectivity index (χ4n) is 1.53. The predicted molar refractivity (Wildman–Crippen MR) is 63.7 cm³/mol. The van der Waals surface area contributed by atoms with Crippen molar-refractivity contribution in [3.63, 3.8) is 0 Å². The van der Waals surface area contributed by atoms with Gasteiger partial charge in [-0.3, -0.25) is 4.99 Å². The van der Waals surface area contributed by atoms with Crippen LogP contribution in [0.25, 0.3) is 0 Å². The van der Waals surface area contributed by atoms with Crippen LogP contribution in [-0.4, -0.2) is 50.5 Å². The highest BCUT2D eigenvalue weighted by Crippen LogP contribution is 1.99. The van der Waals surface area contributed by atoms with Crippen molar-refractivity contribution in [2.24, 2.45) is 10.7 Å². The van der Waals surface area contributed by atoms with E-state index in [1.54, 1.807) is 7.05 Å². The van der Waals surface area contributed by atoms with E-state index in [4.69, 9.17) is 5.73 Å². The van der Waals surface area contributed by atoms with Crippen LogP contribution in [0.4, 0.5) is 0 Å². The van der Waals surface area contributed by atoms with Crippen molar-refractivity contribution in [3.8, 4) is 0 Å². The van der Waals surface area contributed by atoms with Crippen LogP contribution in [0.5, 0.6) is 0 Å². The van der Waals surface area contributed by atoms with Crippen LogP contribution >= 0.6 is 0 Å². The molecule has 0 aromatic rings. The third kappa shape index (κ3) is 3.79. The highest BCUT2D eigenvalue weighted by atomic mass is 15.2. The molecule has 1 aliphatic rings. The molecular formula is C10H21N5. The fraction of sp³-hybridized carbons (Fsp3) is 0.700. The van der Waals surface area contributed by atoms with Gasteiger partial charge in [-0.25, -0.2) is 0 Å². The minimum absolute atomic E-state index is 0.790. The summed E-state index contributed by atoms with van der Waals surface area (Å²) in [5.41, 5.74) is 5.99. The number of likely N-dealkylation sites (N-methyl/N-ethyl adjacent to an activating group) is 1. The Morgan fingerprint density at radius 1 is 1.53 bits per heavy atom. The van der Waals surface area contributed by atoms with Crippen molar-refractivity contribution in [1.82, 2.24) is 15.5 Å². The van der Waals surface area contributed by atoms with Gasteiger partial charge in [-0.2, -0.15) is 0 Å². The molecule has 1 fully saturated rings. The summed E-state index contributed by atoms with van der Waals surface area (Å²) in [5.74, 6) is 1.63. The zero-order chi connectivity index (χ0) is 11.1. The number of hydrogen-bond acceptors (Lipinski definition) is 4. The zero-order valence-corrected chi connectivity index (χ0v) is 9.58. The molecule has 0 atom stereocenters. The molecule has 1 rings (SSSR count). The van der Waals surface area contributed by atoms with E-state index in [9.17, 15) is 0 Å². The molecule has 86 valence electrons. The molecule has 0 aliphatic carbocycles. The van der Waals surface area contributed by atoms with Crippen LogP contribution in [0.3, 0.4) is 0 Å². The van der Waals surface area contributed by atoms with Gasteiger partial charge in [-0.05, 0) is 6.92 Å². The molecule has 1 aliphatic heterocycles. The summed E-state index contributed by atoms with van der Waals surface area (Å²) in [7, 11) is 1.76. The number of hydrogen-bond donors (Lipinski definition) is 3.